The van der Waals surface area contributed by atoms with E-state index in [1.54, 1.807) is 0 Å². The summed E-state index contributed by atoms with van der Waals surface area (Å²) in [6, 6.07) is 6.59. The van der Waals surface area contributed by atoms with E-state index < -0.39 is 0 Å². The second-order valence-corrected chi connectivity index (χ2v) is 18.9. The molecular weight excluding hydrogens is 727 g/mol. The van der Waals surface area contributed by atoms with Crippen LogP contribution in [0.5, 0.6) is 23.0 Å². The van der Waals surface area contributed by atoms with Gasteiger partial charge in [-0.15, -0.1) is 0 Å². The van der Waals surface area contributed by atoms with Gasteiger partial charge in [-0.3, -0.25) is 0 Å². The topological polar surface area (TPSA) is 119 Å². The van der Waals surface area contributed by atoms with Crippen molar-refractivity contribution in [1.29, 1.82) is 0 Å². The van der Waals surface area contributed by atoms with Gasteiger partial charge in [0, 0.05) is 35.1 Å². The molecule has 0 aliphatic heterocycles. The fourth-order valence-electron chi connectivity index (χ4n) is 9.51. The van der Waals surface area contributed by atoms with Crippen LogP contribution in [-0.4, -0.2) is 38.7 Å². The van der Waals surface area contributed by atoms with Crippen molar-refractivity contribution in [2.75, 3.05) is 13.2 Å². The Morgan fingerprint density at radius 2 is 1.00 bits per heavy atom. The Labute approximate surface area is 349 Å². The summed E-state index contributed by atoms with van der Waals surface area (Å²) in [5, 5.41) is 43.5. The first-order valence-corrected chi connectivity index (χ1v) is 21.8. The number of phenols is 4. The molecule has 0 fully saturated rings. The lowest BCUT2D eigenvalue weighted by molar-refractivity contribution is -0.981. The molecule has 0 aromatic heterocycles. The first-order valence-electron chi connectivity index (χ1n) is 21.8. The van der Waals surface area contributed by atoms with E-state index in [0.717, 1.165) is 123 Å². The molecule has 4 rings (SSSR count). The molecule has 8 nitrogen and oxygen atoms in total. The van der Waals surface area contributed by atoms with Gasteiger partial charge in [0.25, 0.3) is 0 Å². The lowest BCUT2D eigenvalue weighted by Gasteiger charge is -2.36. The zero-order valence-corrected chi connectivity index (χ0v) is 37.0. The number of phenolic OH excluding ortho intramolecular Hbond substituents is 4. The van der Waals surface area contributed by atoms with Crippen LogP contribution in [0.15, 0.2) is 71.9 Å². The molecule has 320 valence electrons. The molecule has 0 saturated carbocycles. The van der Waals surface area contributed by atoms with Crippen LogP contribution in [0, 0.1) is 16.7 Å². The van der Waals surface area contributed by atoms with Crippen molar-refractivity contribution in [2.24, 2.45) is 11.8 Å². The number of hydrogen-bond donors (Lipinski definition) is 4. The number of allylic oxidation sites excluding steroid dienone is 6. The smallest absolute Gasteiger partial charge is 0.477 e. The summed E-state index contributed by atoms with van der Waals surface area (Å²) < 4.78 is 0. The summed E-state index contributed by atoms with van der Waals surface area (Å²) in [6.07, 6.45) is 17.6. The molecule has 0 saturated heterocycles. The van der Waals surface area contributed by atoms with E-state index in [1.165, 1.54) is 23.3 Å². The van der Waals surface area contributed by atoms with Crippen molar-refractivity contribution in [1.82, 2.24) is 0 Å². The monoisotopic (exact) mass is 801 g/mol. The van der Waals surface area contributed by atoms with Gasteiger partial charge in [0.15, 0.2) is 13.2 Å². The molecule has 0 unspecified atom stereocenters. The normalized spacial score (nSPS) is 19.9. The number of nitrogens with zero attached hydrogens (tertiary/aromatic N) is 1. The van der Waals surface area contributed by atoms with E-state index >= 15 is 0 Å². The molecular formula is C50H74NO7+. The maximum absolute atomic E-state index is 12.2. The maximum atomic E-state index is 12.2. The molecule has 2 aromatic carbocycles. The highest BCUT2D eigenvalue weighted by Gasteiger charge is 2.36. The average molecular weight is 801 g/mol. The molecule has 0 bridgehead atoms. The highest BCUT2D eigenvalue weighted by molar-refractivity contribution is 5.54. The molecule has 0 radical (unpaired) electrons. The molecule has 58 heavy (non-hydrogen) atoms. The van der Waals surface area contributed by atoms with Gasteiger partial charge in [-0.1, -0.05) is 101 Å². The maximum Gasteiger partial charge on any atom is 0.477 e. The summed E-state index contributed by atoms with van der Waals surface area (Å²) in [4.78, 5) is 22.7. The third-order valence-electron chi connectivity index (χ3n) is 13.0. The zero-order chi connectivity index (χ0) is 42.8. The quantitative estimate of drug-likeness (QED) is 0.0532. The van der Waals surface area contributed by atoms with Crippen LogP contribution in [0.1, 0.15) is 179 Å². The fraction of sp³-hybridized carbons (Fsp3) is 0.600. The summed E-state index contributed by atoms with van der Waals surface area (Å²) in [5.41, 5.74) is 8.12. The van der Waals surface area contributed by atoms with Crippen molar-refractivity contribution in [3.63, 3.8) is 0 Å². The molecule has 2 aromatic rings. The predicted molar refractivity (Wildman–Crippen MR) is 235 cm³/mol. The molecule has 2 aliphatic carbocycles. The van der Waals surface area contributed by atoms with Gasteiger partial charge >= 0.3 is 5.09 Å². The second kappa shape index (κ2) is 20.7. The van der Waals surface area contributed by atoms with Crippen LogP contribution >= 0.6 is 0 Å². The van der Waals surface area contributed by atoms with Crippen molar-refractivity contribution in [3.8, 4) is 23.0 Å². The Hall–Kier alpha value is -4.20. The van der Waals surface area contributed by atoms with Crippen LogP contribution in [0.4, 0.5) is 0 Å². The molecule has 0 spiro atoms. The highest BCUT2D eigenvalue weighted by Crippen LogP contribution is 2.50. The Bertz CT molecular complexity index is 1690. The minimum Gasteiger partial charge on any atom is -0.508 e. The number of rotatable bonds is 22. The van der Waals surface area contributed by atoms with Crippen LogP contribution < -0.4 is 0 Å². The van der Waals surface area contributed by atoms with Gasteiger partial charge in [-0.2, -0.15) is 9.68 Å². The standard InChI is InChI=1S/C50H73NO7/c1-33(2)39-21-19-35(5)27-41(39)47-43(29-37(52)31-45(47)54)49(7,8)23-15-11-13-17-25-57-51(56)58-26-18-14-12-16-24-50(9,10)44-30-38(53)32-46(55)48(44)42-28-36(6)20-22-40(42)34(3)4/h27-32,39-42H,1,3,11-26H2,2,4-10H3,(H3-,52,53,54,55)/p+1/t39-,40-,41+,42+/m1/s1. The van der Waals surface area contributed by atoms with Gasteiger partial charge in [-0.05, 0) is 138 Å². The SMILES string of the molecule is C=C(C)[C@H]1CCC(C)=C[C@@H]1c1c(O)cc(O)cc1C(C)(C)CCCCCCO[N+](=O)OCCCCCCC(C)(C)c1cc(O)cc(O)c1[C@H]1C=C(C)CC[C@@H]1C(=C)C. The molecule has 4 atom stereocenters. The number of aromatic hydroxyl groups is 4. The van der Waals surface area contributed by atoms with E-state index in [4.69, 9.17) is 9.68 Å². The Balaban J connectivity index is 1.15. The van der Waals surface area contributed by atoms with Crippen LogP contribution in [0.25, 0.3) is 0 Å². The van der Waals surface area contributed by atoms with Crippen LogP contribution in [0.2, 0.25) is 0 Å². The third kappa shape index (κ3) is 12.4. The zero-order valence-electron chi connectivity index (χ0n) is 37.0. The number of hydrogen-bond acceptors (Lipinski definition) is 7. The van der Waals surface area contributed by atoms with Crippen LogP contribution in [-0.2, 0) is 20.5 Å². The minimum atomic E-state index is -0.267. The van der Waals surface area contributed by atoms with Gasteiger partial charge in [0.05, 0.1) is 0 Å². The summed E-state index contributed by atoms with van der Waals surface area (Å²) in [7, 11) is 0. The summed E-state index contributed by atoms with van der Waals surface area (Å²) in [5.74, 6) is 0.998. The lowest BCUT2D eigenvalue weighted by atomic mass is 9.68. The van der Waals surface area contributed by atoms with Crippen molar-refractivity contribution >= 4 is 0 Å². The fourth-order valence-corrected chi connectivity index (χ4v) is 9.51. The Kier molecular flexibility index (Phi) is 16.6. The number of benzene rings is 2. The van der Waals surface area contributed by atoms with Crippen molar-refractivity contribution < 1.29 is 35.2 Å². The summed E-state index contributed by atoms with van der Waals surface area (Å²) in [6.45, 7) is 26.3. The van der Waals surface area contributed by atoms with Gasteiger partial charge in [-0.25, -0.2) is 0 Å². The molecule has 2 aliphatic rings. The van der Waals surface area contributed by atoms with E-state index in [9.17, 15) is 25.3 Å². The van der Waals surface area contributed by atoms with E-state index in [2.05, 4.69) is 80.7 Å². The van der Waals surface area contributed by atoms with Gasteiger partial charge in [0.1, 0.15) is 27.9 Å². The molecule has 0 amide bonds. The minimum absolute atomic E-state index is 0.0275. The average Bonchev–Trinajstić information content (AvgIpc) is 3.13. The third-order valence-corrected chi connectivity index (χ3v) is 13.0. The highest BCUT2D eigenvalue weighted by atomic mass is 17.0. The van der Waals surface area contributed by atoms with Gasteiger partial charge < -0.3 is 20.4 Å². The van der Waals surface area contributed by atoms with Gasteiger partial charge in [0.2, 0.25) is 0 Å². The Morgan fingerprint density at radius 1 is 0.638 bits per heavy atom. The molecule has 8 heteroatoms. The molecule has 0 heterocycles. The molecule has 4 N–H and O–H groups in total. The lowest BCUT2D eigenvalue weighted by Crippen LogP contribution is -2.24. The largest absolute Gasteiger partial charge is 0.508 e. The van der Waals surface area contributed by atoms with E-state index in [0.29, 0.717) is 0 Å². The summed E-state index contributed by atoms with van der Waals surface area (Å²) >= 11 is 0. The van der Waals surface area contributed by atoms with E-state index in [1.807, 2.05) is 12.1 Å². The van der Waals surface area contributed by atoms with Crippen molar-refractivity contribution in [3.05, 3.63) is 99.0 Å². The first kappa shape index (κ1) is 46.5. The van der Waals surface area contributed by atoms with E-state index in [-0.39, 0.29) is 75.8 Å². The van der Waals surface area contributed by atoms with Crippen molar-refractivity contribution in [2.45, 2.75) is 168 Å². The second-order valence-electron chi connectivity index (χ2n) is 18.9. The van der Waals surface area contributed by atoms with Crippen LogP contribution in [0.3, 0.4) is 0 Å². The number of unbranched alkanes of at least 4 members (excludes halogenated alkanes) is 6. The first-order chi connectivity index (χ1) is 27.3. The predicted octanol–water partition coefficient (Wildman–Crippen LogP) is 13.3. The Morgan fingerprint density at radius 3 is 1.36 bits per heavy atom.